The molecule has 0 aliphatic heterocycles. The minimum atomic E-state index is -0.442. The van der Waals surface area contributed by atoms with E-state index in [0.29, 0.717) is 12.1 Å². The number of amides is 1. The molecule has 1 amide bonds. The van der Waals surface area contributed by atoms with Crippen LogP contribution in [0.3, 0.4) is 0 Å². The van der Waals surface area contributed by atoms with Crippen LogP contribution in [0.2, 0.25) is 0 Å². The second-order valence-electron chi connectivity index (χ2n) is 7.37. The van der Waals surface area contributed by atoms with Crippen molar-refractivity contribution >= 4 is 6.09 Å². The lowest BCUT2D eigenvalue weighted by Crippen LogP contribution is -2.44. The molecule has 5 nitrogen and oxygen atoms in total. The van der Waals surface area contributed by atoms with Gasteiger partial charge in [-0.2, -0.15) is 0 Å². The van der Waals surface area contributed by atoms with Crippen LogP contribution in [0.25, 0.3) is 0 Å². The smallest absolute Gasteiger partial charge is 0.407 e. The molecule has 1 aliphatic rings. The Morgan fingerprint density at radius 3 is 2.48 bits per heavy atom. The zero-order valence-corrected chi connectivity index (χ0v) is 14.6. The third kappa shape index (κ3) is 6.18. The number of carbonyl (C=O) groups is 1. The Hall–Kier alpha value is -1.62. The van der Waals surface area contributed by atoms with E-state index in [4.69, 9.17) is 4.74 Å². The molecule has 0 bridgehead atoms. The summed E-state index contributed by atoms with van der Waals surface area (Å²) < 4.78 is 5.32. The van der Waals surface area contributed by atoms with Crippen molar-refractivity contribution in [2.75, 3.05) is 0 Å². The number of ether oxygens (including phenoxy) is 1. The van der Waals surface area contributed by atoms with Crippen LogP contribution in [0.5, 0.6) is 0 Å². The summed E-state index contributed by atoms with van der Waals surface area (Å²) in [5, 5.41) is 6.65. The van der Waals surface area contributed by atoms with Crippen molar-refractivity contribution in [3.8, 4) is 0 Å². The minimum absolute atomic E-state index is 0.219. The van der Waals surface area contributed by atoms with Crippen molar-refractivity contribution < 1.29 is 9.53 Å². The fourth-order valence-electron chi connectivity index (χ4n) is 2.96. The van der Waals surface area contributed by atoms with E-state index in [1.165, 1.54) is 5.56 Å². The Morgan fingerprint density at radius 2 is 1.91 bits per heavy atom. The summed E-state index contributed by atoms with van der Waals surface area (Å²) in [4.78, 5) is 16.0. The number of aromatic nitrogens is 1. The van der Waals surface area contributed by atoms with Gasteiger partial charge in [-0.3, -0.25) is 4.98 Å². The molecule has 1 fully saturated rings. The van der Waals surface area contributed by atoms with Crippen molar-refractivity contribution in [3.63, 3.8) is 0 Å². The topological polar surface area (TPSA) is 63.2 Å². The second kappa shape index (κ2) is 7.77. The van der Waals surface area contributed by atoms with E-state index < -0.39 is 5.60 Å². The lowest BCUT2D eigenvalue weighted by Gasteiger charge is -2.32. The van der Waals surface area contributed by atoms with Gasteiger partial charge >= 0.3 is 6.09 Å². The van der Waals surface area contributed by atoms with Crippen LogP contribution < -0.4 is 10.6 Å². The molecule has 128 valence electrons. The largest absolute Gasteiger partial charge is 0.444 e. The lowest BCUT2D eigenvalue weighted by atomic mass is 9.90. The summed E-state index contributed by atoms with van der Waals surface area (Å²) in [6.45, 7) is 7.82. The van der Waals surface area contributed by atoms with E-state index in [9.17, 15) is 4.79 Å². The summed E-state index contributed by atoms with van der Waals surface area (Å²) in [6.07, 6.45) is 7.48. The first kappa shape index (κ1) is 17.7. The van der Waals surface area contributed by atoms with Gasteiger partial charge in [-0.05, 0) is 65.0 Å². The molecule has 0 radical (unpaired) electrons. The number of hydrogen-bond acceptors (Lipinski definition) is 4. The number of rotatable bonds is 4. The maximum absolute atomic E-state index is 11.8. The van der Waals surface area contributed by atoms with E-state index in [0.717, 1.165) is 25.7 Å². The van der Waals surface area contributed by atoms with Crippen molar-refractivity contribution in [3.05, 3.63) is 30.1 Å². The average molecular weight is 319 g/mol. The third-order valence-electron chi connectivity index (χ3n) is 4.12. The fourth-order valence-corrected chi connectivity index (χ4v) is 2.96. The molecule has 0 unspecified atom stereocenters. The highest BCUT2D eigenvalue weighted by Gasteiger charge is 2.25. The molecule has 1 aromatic heterocycles. The highest BCUT2D eigenvalue weighted by molar-refractivity contribution is 5.68. The van der Waals surface area contributed by atoms with E-state index in [-0.39, 0.29) is 12.1 Å². The van der Waals surface area contributed by atoms with Crippen molar-refractivity contribution in [1.29, 1.82) is 0 Å². The van der Waals surface area contributed by atoms with Gasteiger partial charge in [-0.1, -0.05) is 6.07 Å². The predicted octanol–water partition coefficient (Wildman–Crippen LogP) is 3.57. The van der Waals surface area contributed by atoms with Gasteiger partial charge in [0.1, 0.15) is 5.60 Å². The molecule has 1 saturated carbocycles. The van der Waals surface area contributed by atoms with Crippen LogP contribution in [-0.2, 0) is 4.74 Å². The minimum Gasteiger partial charge on any atom is -0.444 e. The average Bonchev–Trinajstić information content (AvgIpc) is 2.48. The Bertz CT molecular complexity index is 491. The number of pyridine rings is 1. The third-order valence-corrected chi connectivity index (χ3v) is 4.12. The summed E-state index contributed by atoms with van der Waals surface area (Å²) >= 11 is 0. The molecule has 0 saturated heterocycles. The molecule has 0 aromatic carbocycles. The SMILES string of the molecule is C[C@@H](NC1CCC(NC(=O)OC(C)(C)C)CC1)c1cccnc1. The maximum Gasteiger partial charge on any atom is 0.407 e. The molecule has 2 N–H and O–H groups in total. The molecule has 5 heteroatoms. The molecule has 1 aliphatic carbocycles. The summed E-state index contributed by atoms with van der Waals surface area (Å²) in [6, 6.07) is 5.07. The van der Waals surface area contributed by atoms with Gasteiger partial charge in [-0.15, -0.1) is 0 Å². The zero-order chi connectivity index (χ0) is 16.9. The Labute approximate surface area is 139 Å². The summed E-state index contributed by atoms with van der Waals surface area (Å²) in [7, 11) is 0. The van der Waals surface area contributed by atoms with Gasteiger partial charge in [0.15, 0.2) is 0 Å². The van der Waals surface area contributed by atoms with Gasteiger partial charge in [0.25, 0.3) is 0 Å². The fraction of sp³-hybridized carbons (Fsp3) is 0.667. The first-order valence-corrected chi connectivity index (χ1v) is 8.49. The Morgan fingerprint density at radius 1 is 1.26 bits per heavy atom. The quantitative estimate of drug-likeness (QED) is 0.890. The standard InChI is InChI=1S/C18H29N3O2/c1-13(14-6-5-11-19-12-14)20-15-7-9-16(10-8-15)21-17(22)23-18(2,3)4/h5-6,11-13,15-16,20H,7-10H2,1-4H3,(H,21,22)/t13-,15?,16?/m1/s1. The van der Waals surface area contributed by atoms with Crippen LogP contribution in [0.1, 0.15) is 65.0 Å². The maximum atomic E-state index is 11.8. The van der Waals surface area contributed by atoms with E-state index in [2.05, 4.69) is 28.6 Å². The van der Waals surface area contributed by atoms with Crippen molar-refractivity contribution in [1.82, 2.24) is 15.6 Å². The molecule has 1 aromatic rings. The van der Waals surface area contributed by atoms with Gasteiger partial charge < -0.3 is 15.4 Å². The molecule has 23 heavy (non-hydrogen) atoms. The van der Waals surface area contributed by atoms with Gasteiger partial charge in [0.05, 0.1) is 0 Å². The van der Waals surface area contributed by atoms with Crippen molar-refractivity contribution in [2.24, 2.45) is 0 Å². The number of nitrogens with one attached hydrogen (secondary N) is 2. The summed E-state index contributed by atoms with van der Waals surface area (Å²) in [5.74, 6) is 0. The van der Waals surface area contributed by atoms with Crippen LogP contribution >= 0.6 is 0 Å². The number of nitrogens with zero attached hydrogens (tertiary/aromatic N) is 1. The monoisotopic (exact) mass is 319 g/mol. The summed E-state index contributed by atoms with van der Waals surface area (Å²) in [5.41, 5.74) is 0.767. The van der Waals surface area contributed by atoms with Crippen LogP contribution in [0.15, 0.2) is 24.5 Å². The first-order chi connectivity index (χ1) is 10.8. The number of hydrogen-bond donors (Lipinski definition) is 2. The second-order valence-corrected chi connectivity index (χ2v) is 7.37. The molecular weight excluding hydrogens is 290 g/mol. The van der Waals surface area contributed by atoms with Gasteiger partial charge in [0, 0.05) is 30.5 Å². The molecular formula is C18H29N3O2. The normalized spacial score (nSPS) is 23.1. The highest BCUT2D eigenvalue weighted by Crippen LogP contribution is 2.22. The van der Waals surface area contributed by atoms with Crippen LogP contribution in [0, 0.1) is 0 Å². The Kier molecular flexibility index (Phi) is 5.99. The predicted molar refractivity (Wildman–Crippen MR) is 91.2 cm³/mol. The lowest BCUT2D eigenvalue weighted by molar-refractivity contribution is 0.0489. The van der Waals surface area contributed by atoms with E-state index in [1.807, 2.05) is 33.0 Å². The van der Waals surface area contributed by atoms with Crippen LogP contribution in [0.4, 0.5) is 4.79 Å². The van der Waals surface area contributed by atoms with E-state index >= 15 is 0 Å². The molecule has 0 spiro atoms. The first-order valence-electron chi connectivity index (χ1n) is 8.49. The van der Waals surface area contributed by atoms with Crippen molar-refractivity contribution in [2.45, 2.75) is 77.1 Å². The molecule has 2 rings (SSSR count). The molecule has 1 atom stereocenters. The Balaban J connectivity index is 1.73. The van der Waals surface area contributed by atoms with E-state index in [1.54, 1.807) is 6.20 Å². The van der Waals surface area contributed by atoms with Gasteiger partial charge in [0.2, 0.25) is 0 Å². The molecule has 1 heterocycles. The zero-order valence-electron chi connectivity index (χ0n) is 14.6. The van der Waals surface area contributed by atoms with Crippen LogP contribution in [-0.4, -0.2) is 28.8 Å². The van der Waals surface area contributed by atoms with Gasteiger partial charge in [-0.25, -0.2) is 4.79 Å². The highest BCUT2D eigenvalue weighted by atomic mass is 16.6. The number of alkyl carbamates (subject to hydrolysis) is 1. The number of carbonyl (C=O) groups excluding carboxylic acids is 1.